The van der Waals surface area contributed by atoms with Crippen LogP contribution in [0.2, 0.25) is 0 Å². The van der Waals surface area contributed by atoms with Crippen molar-refractivity contribution in [3.05, 3.63) is 42.4 Å². The maximum absolute atomic E-state index is 6.00. The number of piperazine rings is 1. The molecule has 75 valence electrons. The Morgan fingerprint density at radius 1 is 1.36 bits per heavy atom. The molecule has 1 saturated heterocycles. The first-order chi connectivity index (χ1) is 6.84. The van der Waals surface area contributed by atoms with Crippen LogP contribution in [-0.4, -0.2) is 30.0 Å². The minimum Gasteiger partial charge on any atom is -0.299 e. The van der Waals surface area contributed by atoms with E-state index in [1.807, 2.05) is 18.2 Å². The highest BCUT2D eigenvalue weighted by Crippen LogP contribution is 2.10. The van der Waals surface area contributed by atoms with Gasteiger partial charge < -0.3 is 0 Å². The lowest BCUT2D eigenvalue weighted by Crippen LogP contribution is -2.46. The van der Waals surface area contributed by atoms with Crippen molar-refractivity contribution in [3.8, 4) is 0 Å². The van der Waals surface area contributed by atoms with E-state index in [-0.39, 0.29) is 5.50 Å². The smallest absolute Gasteiger partial charge is 0.0954 e. The minimum atomic E-state index is 0.0729. The molecule has 1 heterocycles. The fourth-order valence-corrected chi connectivity index (χ4v) is 1.88. The van der Waals surface area contributed by atoms with Gasteiger partial charge in [-0.1, -0.05) is 30.3 Å². The summed E-state index contributed by atoms with van der Waals surface area (Å²) in [6.07, 6.45) is 0. The largest absolute Gasteiger partial charge is 0.299 e. The van der Waals surface area contributed by atoms with Crippen molar-refractivity contribution in [2.24, 2.45) is 0 Å². The Morgan fingerprint density at radius 2 is 2.14 bits per heavy atom. The Balaban J connectivity index is 1.91. The van der Waals surface area contributed by atoms with Gasteiger partial charge in [-0.05, 0) is 5.56 Å². The van der Waals surface area contributed by atoms with Gasteiger partial charge in [0.15, 0.2) is 0 Å². The minimum absolute atomic E-state index is 0.0729. The molecule has 1 radical (unpaired) electrons. The third-order valence-corrected chi connectivity index (χ3v) is 2.58. The van der Waals surface area contributed by atoms with E-state index in [4.69, 9.17) is 11.6 Å². The second kappa shape index (κ2) is 4.78. The van der Waals surface area contributed by atoms with Crippen molar-refractivity contribution in [1.29, 1.82) is 0 Å². The van der Waals surface area contributed by atoms with Gasteiger partial charge in [-0.3, -0.25) is 10.2 Å². The van der Waals surface area contributed by atoms with E-state index in [0.717, 1.165) is 19.6 Å². The van der Waals surface area contributed by atoms with Crippen molar-refractivity contribution in [1.82, 2.24) is 10.2 Å². The number of halogens is 1. The van der Waals surface area contributed by atoms with Gasteiger partial charge in [0.2, 0.25) is 0 Å². The summed E-state index contributed by atoms with van der Waals surface area (Å²) in [7, 11) is 0. The SMILES string of the molecule is ClC1CN([CH]c2ccccc2)CCN1. The summed E-state index contributed by atoms with van der Waals surface area (Å²) < 4.78 is 0. The molecule has 1 aromatic rings. The summed E-state index contributed by atoms with van der Waals surface area (Å²) in [6.45, 7) is 5.02. The van der Waals surface area contributed by atoms with Crippen LogP contribution in [0.5, 0.6) is 0 Å². The van der Waals surface area contributed by atoms with Crippen LogP contribution in [0.3, 0.4) is 0 Å². The maximum atomic E-state index is 6.00. The van der Waals surface area contributed by atoms with Crippen LogP contribution in [0.4, 0.5) is 0 Å². The van der Waals surface area contributed by atoms with E-state index < -0.39 is 0 Å². The number of nitrogens with one attached hydrogen (secondary N) is 1. The van der Waals surface area contributed by atoms with E-state index in [0.29, 0.717) is 0 Å². The summed E-state index contributed by atoms with van der Waals surface area (Å²) >= 11 is 6.00. The highest BCUT2D eigenvalue weighted by molar-refractivity contribution is 6.20. The van der Waals surface area contributed by atoms with E-state index in [1.165, 1.54) is 5.56 Å². The third-order valence-electron chi connectivity index (χ3n) is 2.29. The molecular formula is C11H14ClN2. The Hall–Kier alpha value is -0.570. The molecule has 1 aliphatic heterocycles. The molecule has 0 aliphatic carbocycles. The van der Waals surface area contributed by atoms with Gasteiger partial charge in [-0.15, -0.1) is 11.6 Å². The first kappa shape index (κ1) is 9.97. The molecule has 1 atom stereocenters. The van der Waals surface area contributed by atoms with Crippen LogP contribution in [-0.2, 0) is 0 Å². The molecule has 3 heteroatoms. The molecule has 1 aliphatic rings. The molecule has 1 N–H and O–H groups in total. The van der Waals surface area contributed by atoms with Crippen LogP contribution in [0, 0.1) is 6.54 Å². The topological polar surface area (TPSA) is 15.3 Å². The average Bonchev–Trinajstić information content (AvgIpc) is 2.19. The Morgan fingerprint density at radius 3 is 2.86 bits per heavy atom. The molecule has 1 unspecified atom stereocenters. The summed E-state index contributed by atoms with van der Waals surface area (Å²) in [5.74, 6) is 0. The van der Waals surface area contributed by atoms with Gasteiger partial charge in [-0.2, -0.15) is 0 Å². The van der Waals surface area contributed by atoms with Gasteiger partial charge in [0.05, 0.1) is 12.0 Å². The van der Waals surface area contributed by atoms with Crippen molar-refractivity contribution in [3.63, 3.8) is 0 Å². The van der Waals surface area contributed by atoms with Crippen molar-refractivity contribution >= 4 is 11.6 Å². The van der Waals surface area contributed by atoms with Gasteiger partial charge in [0.1, 0.15) is 0 Å². The molecule has 2 nitrogen and oxygen atoms in total. The number of rotatable bonds is 2. The van der Waals surface area contributed by atoms with Gasteiger partial charge in [0, 0.05) is 19.6 Å². The molecule has 0 saturated carbocycles. The fraction of sp³-hybridized carbons (Fsp3) is 0.364. The Kier molecular flexibility index (Phi) is 3.40. The summed E-state index contributed by atoms with van der Waals surface area (Å²) in [5, 5.41) is 3.20. The molecule has 1 aromatic carbocycles. The van der Waals surface area contributed by atoms with Crippen LogP contribution in [0.15, 0.2) is 30.3 Å². The summed E-state index contributed by atoms with van der Waals surface area (Å²) in [4.78, 5) is 2.25. The predicted octanol–water partition coefficient (Wildman–Crippen LogP) is 1.67. The molecule has 1 fully saturated rings. The first-order valence-corrected chi connectivity index (χ1v) is 5.30. The van der Waals surface area contributed by atoms with E-state index in [1.54, 1.807) is 0 Å². The van der Waals surface area contributed by atoms with E-state index in [9.17, 15) is 0 Å². The molecular weight excluding hydrogens is 196 g/mol. The standard InChI is InChI=1S/C11H14ClN2/c12-11-9-14(7-6-13-11)8-10-4-2-1-3-5-10/h1-5,8,11,13H,6-7,9H2. The number of benzene rings is 1. The lowest BCUT2D eigenvalue weighted by atomic mass is 10.2. The number of alkyl halides is 1. The number of hydrogen-bond donors (Lipinski definition) is 1. The summed E-state index contributed by atoms with van der Waals surface area (Å²) in [5.41, 5.74) is 1.31. The van der Waals surface area contributed by atoms with Crippen molar-refractivity contribution < 1.29 is 0 Å². The number of hydrogen-bond acceptors (Lipinski definition) is 2. The fourth-order valence-electron chi connectivity index (χ4n) is 1.59. The predicted molar refractivity (Wildman–Crippen MR) is 59.1 cm³/mol. The Labute approximate surface area is 89.9 Å². The zero-order valence-corrected chi connectivity index (χ0v) is 8.74. The van der Waals surface area contributed by atoms with Crippen LogP contribution in [0.1, 0.15) is 5.56 Å². The third kappa shape index (κ3) is 2.71. The molecule has 0 aromatic heterocycles. The van der Waals surface area contributed by atoms with Gasteiger partial charge >= 0.3 is 0 Å². The number of nitrogens with zero attached hydrogens (tertiary/aromatic N) is 1. The Bertz CT molecular complexity index is 276. The second-order valence-electron chi connectivity index (χ2n) is 3.46. The van der Waals surface area contributed by atoms with E-state index >= 15 is 0 Å². The quantitative estimate of drug-likeness (QED) is 0.589. The normalized spacial score (nSPS) is 23.6. The molecule has 2 rings (SSSR count). The monoisotopic (exact) mass is 209 g/mol. The lowest BCUT2D eigenvalue weighted by Gasteiger charge is -2.30. The highest BCUT2D eigenvalue weighted by atomic mass is 35.5. The zero-order valence-electron chi connectivity index (χ0n) is 7.99. The van der Waals surface area contributed by atoms with Gasteiger partial charge in [0.25, 0.3) is 0 Å². The molecule has 0 bridgehead atoms. The lowest BCUT2D eigenvalue weighted by molar-refractivity contribution is 0.283. The zero-order chi connectivity index (χ0) is 9.80. The van der Waals surface area contributed by atoms with Crippen LogP contribution < -0.4 is 5.32 Å². The molecule has 0 spiro atoms. The van der Waals surface area contributed by atoms with Crippen LogP contribution >= 0.6 is 11.6 Å². The molecule has 0 amide bonds. The van der Waals surface area contributed by atoms with Crippen LogP contribution in [0.25, 0.3) is 0 Å². The maximum Gasteiger partial charge on any atom is 0.0954 e. The first-order valence-electron chi connectivity index (χ1n) is 4.86. The van der Waals surface area contributed by atoms with E-state index in [2.05, 4.69) is 28.9 Å². The van der Waals surface area contributed by atoms with Gasteiger partial charge in [-0.25, -0.2) is 0 Å². The summed E-state index contributed by atoms with van der Waals surface area (Å²) in [6, 6.07) is 10.3. The molecule has 14 heavy (non-hydrogen) atoms. The average molecular weight is 210 g/mol. The second-order valence-corrected chi connectivity index (χ2v) is 3.98. The van der Waals surface area contributed by atoms with Crippen molar-refractivity contribution in [2.45, 2.75) is 5.50 Å². The van der Waals surface area contributed by atoms with Crippen molar-refractivity contribution in [2.75, 3.05) is 19.6 Å². The highest BCUT2D eigenvalue weighted by Gasteiger charge is 2.16.